The van der Waals surface area contributed by atoms with Crippen LogP contribution >= 0.6 is 11.6 Å². The third-order valence-electron chi connectivity index (χ3n) is 5.34. The highest BCUT2D eigenvalue weighted by molar-refractivity contribution is 6.34. The van der Waals surface area contributed by atoms with Gasteiger partial charge in [0.25, 0.3) is 5.91 Å². The molecular weight excluding hydrogens is 434 g/mol. The summed E-state index contributed by atoms with van der Waals surface area (Å²) in [5, 5.41) is 12.9. The molecule has 1 aliphatic heterocycles. The average molecular weight is 462 g/mol. The van der Waals surface area contributed by atoms with Gasteiger partial charge in [0.05, 0.1) is 23.8 Å². The lowest BCUT2D eigenvalue weighted by Crippen LogP contribution is -2.40. The van der Waals surface area contributed by atoms with Gasteiger partial charge in [-0.2, -0.15) is 0 Å². The highest BCUT2D eigenvalue weighted by atomic mass is 35.5. The number of nitrogens with one attached hydrogen (secondary N) is 1. The highest BCUT2D eigenvalue weighted by Crippen LogP contribution is 2.32. The predicted octanol–water partition coefficient (Wildman–Crippen LogP) is 4.24. The van der Waals surface area contributed by atoms with Crippen molar-refractivity contribution in [1.82, 2.24) is 5.32 Å². The normalized spacial score (nSPS) is 17.7. The van der Waals surface area contributed by atoms with Crippen LogP contribution in [0, 0.1) is 0 Å². The van der Waals surface area contributed by atoms with E-state index in [0.717, 1.165) is 17.5 Å². The zero-order valence-electron chi connectivity index (χ0n) is 18.3. The summed E-state index contributed by atoms with van der Waals surface area (Å²) >= 11 is 6.25. The lowest BCUT2D eigenvalue weighted by molar-refractivity contribution is -0.159. The summed E-state index contributed by atoms with van der Waals surface area (Å²) in [6.07, 6.45) is 1.44. The Bertz CT molecular complexity index is 971. The van der Waals surface area contributed by atoms with E-state index >= 15 is 0 Å². The van der Waals surface area contributed by atoms with E-state index in [4.69, 9.17) is 25.8 Å². The second-order valence-electron chi connectivity index (χ2n) is 7.56. The van der Waals surface area contributed by atoms with Crippen molar-refractivity contribution in [1.29, 1.82) is 0 Å². The Morgan fingerprint density at radius 3 is 2.56 bits per heavy atom. The van der Waals surface area contributed by atoms with E-state index in [9.17, 15) is 14.7 Å². The van der Waals surface area contributed by atoms with Crippen LogP contribution < -0.4 is 14.8 Å². The molecule has 32 heavy (non-hydrogen) atoms. The molecule has 2 aromatic rings. The van der Waals surface area contributed by atoms with Crippen molar-refractivity contribution in [2.45, 2.75) is 45.3 Å². The molecule has 0 aromatic heterocycles. The highest BCUT2D eigenvalue weighted by Gasteiger charge is 2.43. The molecule has 7 nitrogen and oxygen atoms in total. The van der Waals surface area contributed by atoms with Crippen LogP contribution in [0.25, 0.3) is 0 Å². The van der Waals surface area contributed by atoms with Crippen LogP contribution in [0.1, 0.15) is 48.2 Å². The first-order valence-corrected chi connectivity index (χ1v) is 11.1. The van der Waals surface area contributed by atoms with E-state index in [-0.39, 0.29) is 18.9 Å². The Balaban J connectivity index is 1.76. The minimum absolute atomic E-state index is 0.201. The van der Waals surface area contributed by atoms with E-state index in [0.29, 0.717) is 48.3 Å². The Morgan fingerprint density at radius 2 is 1.94 bits per heavy atom. The summed E-state index contributed by atoms with van der Waals surface area (Å²) in [5.74, 6) is -0.0520. The van der Waals surface area contributed by atoms with Crippen molar-refractivity contribution in [2.75, 3.05) is 19.8 Å². The molecule has 1 heterocycles. The van der Waals surface area contributed by atoms with Gasteiger partial charge in [-0.3, -0.25) is 4.79 Å². The van der Waals surface area contributed by atoms with E-state index in [1.54, 1.807) is 24.3 Å². The number of carbonyl (C=O) groups is 2. The van der Waals surface area contributed by atoms with Gasteiger partial charge < -0.3 is 24.6 Å². The summed E-state index contributed by atoms with van der Waals surface area (Å²) in [7, 11) is 0. The molecular formula is C24H28ClNO6. The van der Waals surface area contributed by atoms with Gasteiger partial charge in [0.15, 0.2) is 5.60 Å². The number of aliphatic carboxylic acids is 1. The number of rotatable bonds is 10. The minimum atomic E-state index is -1.20. The maximum Gasteiger partial charge on any atom is 0.336 e. The Hall–Kier alpha value is -2.77. The van der Waals surface area contributed by atoms with Crippen molar-refractivity contribution in [2.24, 2.45) is 0 Å². The number of carboxylic acid groups (broad SMARTS) is 1. The fourth-order valence-electron chi connectivity index (χ4n) is 3.80. The predicted molar refractivity (Wildman–Crippen MR) is 121 cm³/mol. The van der Waals surface area contributed by atoms with E-state index < -0.39 is 11.6 Å². The molecule has 2 N–H and O–H groups in total. The average Bonchev–Trinajstić information content (AvgIpc) is 3.24. The SMILES string of the molecule is CCOc1ccc(C(=O)NCc2cc(C[C@@]3(C(=O)O)CCCO3)ccc2OCC)c(Cl)c1. The molecule has 0 unspecified atom stereocenters. The van der Waals surface area contributed by atoms with Crippen LogP contribution in [0.2, 0.25) is 5.02 Å². The summed E-state index contributed by atoms with van der Waals surface area (Å²) in [6, 6.07) is 10.4. The van der Waals surface area contributed by atoms with E-state index in [1.165, 1.54) is 0 Å². The Labute approximate surface area is 192 Å². The molecule has 0 aliphatic carbocycles. The van der Waals surface area contributed by atoms with Crippen LogP contribution in [0.3, 0.4) is 0 Å². The van der Waals surface area contributed by atoms with E-state index in [1.807, 2.05) is 26.0 Å². The van der Waals surface area contributed by atoms with Crippen molar-refractivity contribution in [3.8, 4) is 11.5 Å². The molecule has 0 radical (unpaired) electrons. The number of carbonyl (C=O) groups excluding carboxylic acids is 1. The van der Waals surface area contributed by atoms with Crippen LogP contribution in [-0.4, -0.2) is 42.4 Å². The molecule has 0 saturated carbocycles. The van der Waals surface area contributed by atoms with E-state index in [2.05, 4.69) is 5.32 Å². The zero-order chi connectivity index (χ0) is 23.1. The third-order valence-corrected chi connectivity index (χ3v) is 5.66. The second-order valence-corrected chi connectivity index (χ2v) is 7.97. The van der Waals surface area contributed by atoms with Crippen molar-refractivity contribution in [3.05, 3.63) is 58.1 Å². The lowest BCUT2D eigenvalue weighted by Gasteiger charge is -2.24. The number of hydrogen-bond acceptors (Lipinski definition) is 5. The summed E-state index contributed by atoms with van der Waals surface area (Å²) in [5.41, 5.74) is 0.691. The monoisotopic (exact) mass is 461 g/mol. The standard InChI is InChI=1S/C24H28ClNO6/c1-3-30-18-7-8-19(20(25)13-18)22(27)26-15-17-12-16(6-9-21(17)31-4-2)14-24(23(28)29)10-5-11-32-24/h6-9,12-13H,3-5,10-11,14-15H2,1-2H3,(H,26,27)(H,28,29)/t24-/m1/s1. The third kappa shape index (κ3) is 5.53. The first-order chi connectivity index (χ1) is 15.4. The lowest BCUT2D eigenvalue weighted by atomic mass is 9.91. The molecule has 2 aromatic carbocycles. The Morgan fingerprint density at radius 1 is 1.16 bits per heavy atom. The smallest absolute Gasteiger partial charge is 0.336 e. The molecule has 3 rings (SSSR count). The first-order valence-electron chi connectivity index (χ1n) is 10.7. The van der Waals surface area contributed by atoms with Gasteiger partial charge in [-0.25, -0.2) is 4.79 Å². The molecule has 1 atom stereocenters. The summed E-state index contributed by atoms with van der Waals surface area (Å²) in [4.78, 5) is 24.5. The number of halogens is 1. The van der Waals surface area contributed by atoms with Crippen molar-refractivity contribution >= 4 is 23.5 Å². The largest absolute Gasteiger partial charge is 0.494 e. The molecule has 1 aliphatic rings. The molecule has 1 fully saturated rings. The first kappa shape index (κ1) is 23.9. The number of hydrogen-bond donors (Lipinski definition) is 2. The van der Waals surface area contributed by atoms with Gasteiger partial charge in [0.2, 0.25) is 0 Å². The number of ether oxygens (including phenoxy) is 3. The molecule has 1 saturated heterocycles. The van der Waals surface area contributed by atoms with Crippen LogP contribution in [-0.2, 0) is 22.5 Å². The fraction of sp³-hybridized carbons (Fsp3) is 0.417. The molecule has 0 spiro atoms. The van der Waals surface area contributed by atoms with Crippen LogP contribution in [0.4, 0.5) is 0 Å². The maximum atomic E-state index is 12.7. The van der Waals surface area contributed by atoms with Gasteiger partial charge in [-0.05, 0) is 56.5 Å². The second kappa shape index (κ2) is 10.7. The summed E-state index contributed by atoms with van der Waals surface area (Å²) < 4.78 is 16.7. The molecule has 8 heteroatoms. The molecule has 1 amide bonds. The van der Waals surface area contributed by atoms with Gasteiger partial charge in [0.1, 0.15) is 11.5 Å². The van der Waals surface area contributed by atoms with Gasteiger partial charge in [0, 0.05) is 25.1 Å². The number of carboxylic acids is 1. The zero-order valence-corrected chi connectivity index (χ0v) is 19.0. The molecule has 0 bridgehead atoms. The fourth-order valence-corrected chi connectivity index (χ4v) is 4.05. The van der Waals surface area contributed by atoms with Gasteiger partial charge in [-0.15, -0.1) is 0 Å². The van der Waals surface area contributed by atoms with Crippen molar-refractivity contribution in [3.63, 3.8) is 0 Å². The Kier molecular flexibility index (Phi) is 7.99. The number of benzene rings is 2. The summed E-state index contributed by atoms with van der Waals surface area (Å²) in [6.45, 7) is 5.36. The quantitative estimate of drug-likeness (QED) is 0.549. The van der Waals surface area contributed by atoms with Gasteiger partial charge in [-0.1, -0.05) is 23.7 Å². The minimum Gasteiger partial charge on any atom is -0.494 e. The van der Waals surface area contributed by atoms with Crippen LogP contribution in [0.15, 0.2) is 36.4 Å². The molecule has 172 valence electrons. The maximum absolute atomic E-state index is 12.7. The van der Waals surface area contributed by atoms with Gasteiger partial charge >= 0.3 is 5.97 Å². The number of amides is 1. The van der Waals surface area contributed by atoms with Crippen molar-refractivity contribution < 1.29 is 28.9 Å². The van der Waals surface area contributed by atoms with Crippen LogP contribution in [0.5, 0.6) is 11.5 Å². The topological polar surface area (TPSA) is 94.1 Å².